The number of benzene rings is 1. The van der Waals surface area contributed by atoms with E-state index in [4.69, 9.17) is 4.74 Å². The third-order valence-corrected chi connectivity index (χ3v) is 3.33. The van der Waals surface area contributed by atoms with Crippen molar-refractivity contribution in [2.45, 2.75) is 25.7 Å². The maximum absolute atomic E-state index is 11.6. The van der Waals surface area contributed by atoms with Gasteiger partial charge in [-0.1, -0.05) is 12.7 Å². The maximum atomic E-state index is 11.6. The first kappa shape index (κ1) is 14.1. The Balaban J connectivity index is 2.28. The minimum absolute atomic E-state index is 0.140. The Labute approximate surface area is 117 Å². The predicted octanol–water partition coefficient (Wildman–Crippen LogP) is 3.00. The van der Waals surface area contributed by atoms with Crippen molar-refractivity contribution < 1.29 is 19.4 Å². The van der Waals surface area contributed by atoms with Crippen LogP contribution in [0, 0.1) is 0 Å². The largest absolute Gasteiger partial charge is 0.478 e. The molecule has 0 fully saturated rings. The summed E-state index contributed by atoms with van der Waals surface area (Å²) in [5, 5.41) is 11.9. The van der Waals surface area contributed by atoms with E-state index in [-0.39, 0.29) is 6.61 Å². The summed E-state index contributed by atoms with van der Waals surface area (Å²) in [6.07, 6.45) is 4.40. The van der Waals surface area contributed by atoms with Gasteiger partial charge in [-0.15, -0.1) is 0 Å². The van der Waals surface area contributed by atoms with Gasteiger partial charge in [-0.2, -0.15) is 0 Å². The summed E-state index contributed by atoms with van der Waals surface area (Å²) in [4.78, 5) is 22.8. The van der Waals surface area contributed by atoms with Crippen LogP contribution in [0.1, 0.15) is 34.3 Å². The Morgan fingerprint density at radius 2 is 2.00 bits per heavy atom. The summed E-state index contributed by atoms with van der Waals surface area (Å²) in [7, 11) is 0. The molecule has 0 aromatic heterocycles. The van der Waals surface area contributed by atoms with E-state index in [0.29, 0.717) is 11.3 Å². The molecule has 0 radical (unpaired) electrons. The highest BCUT2D eigenvalue weighted by atomic mass is 16.5. The summed E-state index contributed by atoms with van der Waals surface area (Å²) < 4.78 is 4.88. The molecule has 0 atom stereocenters. The number of carboxylic acids is 1. The maximum Gasteiger partial charge on any atom is 0.411 e. The summed E-state index contributed by atoms with van der Waals surface area (Å²) in [6.45, 7) is 3.61. The minimum atomic E-state index is -0.927. The number of fused-ring (bicyclic) bond motifs is 1. The van der Waals surface area contributed by atoms with Gasteiger partial charge >= 0.3 is 12.1 Å². The number of hydrogen-bond donors (Lipinski definition) is 2. The minimum Gasteiger partial charge on any atom is -0.478 e. The average Bonchev–Trinajstić information content (AvgIpc) is 2.45. The number of ether oxygens (including phenoxy) is 1. The summed E-state index contributed by atoms with van der Waals surface area (Å²) in [5.41, 5.74) is 2.69. The predicted molar refractivity (Wildman–Crippen MR) is 75.2 cm³/mol. The molecular weight excluding hydrogens is 258 g/mol. The number of carboxylic acid groups (broad SMARTS) is 1. The first-order chi connectivity index (χ1) is 9.63. The zero-order valence-corrected chi connectivity index (χ0v) is 11.1. The molecule has 1 amide bonds. The molecule has 1 aromatic rings. The van der Waals surface area contributed by atoms with E-state index in [1.54, 1.807) is 6.07 Å². The molecule has 2 N–H and O–H groups in total. The second-order valence-electron chi connectivity index (χ2n) is 4.64. The lowest BCUT2D eigenvalue weighted by Gasteiger charge is -2.21. The average molecular weight is 275 g/mol. The molecule has 1 aromatic carbocycles. The summed E-state index contributed by atoms with van der Waals surface area (Å²) >= 11 is 0. The van der Waals surface area contributed by atoms with Crippen LogP contribution >= 0.6 is 0 Å². The summed E-state index contributed by atoms with van der Waals surface area (Å²) in [5.74, 6) is -0.927. The lowest BCUT2D eigenvalue weighted by molar-refractivity contribution is 0.0695. The van der Waals surface area contributed by atoms with Gasteiger partial charge in [0.05, 0.1) is 5.56 Å². The highest BCUT2D eigenvalue weighted by Gasteiger charge is 2.21. The summed E-state index contributed by atoms with van der Waals surface area (Å²) in [6, 6.07) is 3.17. The topological polar surface area (TPSA) is 75.6 Å². The highest BCUT2D eigenvalue weighted by molar-refractivity contribution is 5.93. The van der Waals surface area contributed by atoms with E-state index >= 15 is 0 Å². The Morgan fingerprint density at radius 1 is 1.30 bits per heavy atom. The number of amides is 1. The Kier molecular flexibility index (Phi) is 4.40. The second kappa shape index (κ2) is 6.23. The lowest BCUT2D eigenvalue weighted by Crippen LogP contribution is -2.18. The van der Waals surface area contributed by atoms with Crippen molar-refractivity contribution in [3.8, 4) is 0 Å². The number of aromatic carboxylic acids is 1. The molecular formula is C15H17NO4. The molecule has 0 unspecified atom stereocenters. The van der Waals surface area contributed by atoms with Crippen LogP contribution in [-0.4, -0.2) is 23.8 Å². The third-order valence-electron chi connectivity index (χ3n) is 3.33. The second-order valence-corrected chi connectivity index (χ2v) is 4.64. The molecule has 0 aliphatic heterocycles. The van der Waals surface area contributed by atoms with Gasteiger partial charge in [0, 0.05) is 5.69 Å². The van der Waals surface area contributed by atoms with Gasteiger partial charge in [-0.3, -0.25) is 5.32 Å². The van der Waals surface area contributed by atoms with Gasteiger partial charge in [-0.05, 0) is 48.9 Å². The van der Waals surface area contributed by atoms with Crippen LogP contribution in [0.15, 0.2) is 24.8 Å². The Morgan fingerprint density at radius 3 is 2.65 bits per heavy atom. The molecule has 1 aliphatic rings. The molecule has 0 saturated carbocycles. The van der Waals surface area contributed by atoms with Gasteiger partial charge < -0.3 is 9.84 Å². The van der Waals surface area contributed by atoms with E-state index in [1.807, 2.05) is 0 Å². The zero-order valence-electron chi connectivity index (χ0n) is 11.1. The van der Waals surface area contributed by atoms with Gasteiger partial charge in [0.25, 0.3) is 0 Å². The van der Waals surface area contributed by atoms with Crippen molar-refractivity contribution in [1.82, 2.24) is 0 Å². The standard InChI is InChI=1S/C15H17NO4/c1-2-9-20-15(19)16-13-8-7-12(14(17)18)10-5-3-4-6-11(10)13/h2,7-8H,1,3-6,9H2,(H,16,19)(H,17,18). The van der Waals surface area contributed by atoms with Crippen LogP contribution < -0.4 is 5.32 Å². The number of carbonyl (C=O) groups excluding carboxylic acids is 1. The molecule has 0 heterocycles. The lowest BCUT2D eigenvalue weighted by atomic mass is 9.87. The SMILES string of the molecule is C=CCOC(=O)Nc1ccc(C(=O)O)c2c1CCCC2. The Hall–Kier alpha value is -2.30. The first-order valence-electron chi connectivity index (χ1n) is 6.56. The zero-order chi connectivity index (χ0) is 14.5. The molecule has 5 nitrogen and oxygen atoms in total. The van der Waals surface area contributed by atoms with Crippen molar-refractivity contribution in [3.05, 3.63) is 41.5 Å². The molecule has 0 bridgehead atoms. The molecule has 1 aliphatic carbocycles. The van der Waals surface area contributed by atoms with Gasteiger partial charge in [0.1, 0.15) is 6.61 Å². The molecule has 5 heteroatoms. The number of nitrogens with one attached hydrogen (secondary N) is 1. The van der Waals surface area contributed by atoms with Crippen LogP contribution in [0.2, 0.25) is 0 Å². The van der Waals surface area contributed by atoms with E-state index in [0.717, 1.165) is 36.8 Å². The molecule has 106 valence electrons. The fraction of sp³-hybridized carbons (Fsp3) is 0.333. The van der Waals surface area contributed by atoms with Crippen LogP contribution in [-0.2, 0) is 17.6 Å². The van der Waals surface area contributed by atoms with Crippen molar-refractivity contribution in [1.29, 1.82) is 0 Å². The quantitative estimate of drug-likeness (QED) is 0.828. The normalized spacial score (nSPS) is 13.2. The van der Waals surface area contributed by atoms with Gasteiger partial charge in [-0.25, -0.2) is 9.59 Å². The fourth-order valence-electron chi connectivity index (χ4n) is 2.47. The van der Waals surface area contributed by atoms with Crippen molar-refractivity contribution in [3.63, 3.8) is 0 Å². The van der Waals surface area contributed by atoms with Crippen molar-refractivity contribution in [2.24, 2.45) is 0 Å². The number of carbonyl (C=O) groups is 2. The highest BCUT2D eigenvalue weighted by Crippen LogP contribution is 2.31. The number of rotatable bonds is 4. The van der Waals surface area contributed by atoms with Crippen LogP contribution in [0.3, 0.4) is 0 Å². The van der Waals surface area contributed by atoms with E-state index in [2.05, 4.69) is 11.9 Å². The Bertz CT molecular complexity index is 551. The van der Waals surface area contributed by atoms with Crippen LogP contribution in [0.25, 0.3) is 0 Å². The molecule has 2 rings (SSSR count). The van der Waals surface area contributed by atoms with Crippen molar-refractivity contribution >= 4 is 17.7 Å². The number of hydrogen-bond acceptors (Lipinski definition) is 3. The molecule has 0 saturated heterocycles. The van der Waals surface area contributed by atoms with Crippen molar-refractivity contribution in [2.75, 3.05) is 11.9 Å². The van der Waals surface area contributed by atoms with E-state index in [9.17, 15) is 14.7 Å². The monoisotopic (exact) mass is 275 g/mol. The van der Waals surface area contributed by atoms with Gasteiger partial charge in [0.2, 0.25) is 0 Å². The number of anilines is 1. The smallest absolute Gasteiger partial charge is 0.411 e. The molecule has 20 heavy (non-hydrogen) atoms. The van der Waals surface area contributed by atoms with Crippen LogP contribution in [0.4, 0.5) is 10.5 Å². The van der Waals surface area contributed by atoms with Gasteiger partial charge in [0.15, 0.2) is 0 Å². The van der Waals surface area contributed by atoms with E-state index in [1.165, 1.54) is 12.1 Å². The molecule has 0 spiro atoms. The fourth-order valence-corrected chi connectivity index (χ4v) is 2.47. The van der Waals surface area contributed by atoms with Crippen LogP contribution in [0.5, 0.6) is 0 Å². The third kappa shape index (κ3) is 2.99. The first-order valence-corrected chi connectivity index (χ1v) is 6.56. The van der Waals surface area contributed by atoms with E-state index < -0.39 is 12.1 Å².